The molecule has 2 atom stereocenters. The van der Waals surface area contributed by atoms with E-state index in [4.69, 9.17) is 14.2 Å². The zero-order valence-corrected chi connectivity index (χ0v) is 26.7. The Morgan fingerprint density at radius 2 is 1.57 bits per heavy atom. The van der Waals surface area contributed by atoms with Crippen molar-refractivity contribution in [1.29, 1.82) is 0 Å². The quantitative estimate of drug-likeness (QED) is 0.258. The topological polar surface area (TPSA) is 114 Å². The Morgan fingerprint density at radius 3 is 2.16 bits per heavy atom. The summed E-state index contributed by atoms with van der Waals surface area (Å²) in [5.74, 6) is -0.502. The van der Waals surface area contributed by atoms with Crippen molar-refractivity contribution in [1.82, 2.24) is 10.2 Å². The third kappa shape index (κ3) is 8.19. The number of hydrogen-bond acceptors (Lipinski definition) is 7. The molecule has 0 radical (unpaired) electrons. The number of amides is 2. The van der Waals surface area contributed by atoms with Crippen molar-refractivity contribution in [3.8, 4) is 17.2 Å². The number of ether oxygens (including phenoxy) is 3. The van der Waals surface area contributed by atoms with Crippen LogP contribution >= 0.6 is 0 Å². The molecule has 0 spiro atoms. The minimum absolute atomic E-state index is 0.0100. The van der Waals surface area contributed by atoms with E-state index in [2.05, 4.69) is 5.32 Å². The van der Waals surface area contributed by atoms with Crippen molar-refractivity contribution in [3.63, 3.8) is 0 Å². The van der Waals surface area contributed by atoms with Crippen LogP contribution in [0.1, 0.15) is 39.2 Å². The van der Waals surface area contributed by atoms with Crippen LogP contribution in [0, 0.1) is 5.82 Å². The molecule has 238 valence electrons. The maximum Gasteiger partial charge on any atom is 0.264 e. The first-order valence-electron chi connectivity index (χ1n) is 14.2. The molecule has 0 aliphatic rings. The first-order valence-corrected chi connectivity index (χ1v) is 15.7. The van der Waals surface area contributed by atoms with E-state index in [1.54, 1.807) is 31.2 Å². The Kier molecular flexibility index (Phi) is 12.0. The molecule has 0 bridgehead atoms. The summed E-state index contributed by atoms with van der Waals surface area (Å²) < 4.78 is 58.9. The lowest BCUT2D eigenvalue weighted by Crippen LogP contribution is -2.53. The molecule has 0 aromatic heterocycles. The van der Waals surface area contributed by atoms with Crippen LogP contribution in [0.5, 0.6) is 17.2 Å². The largest absolute Gasteiger partial charge is 0.497 e. The smallest absolute Gasteiger partial charge is 0.264 e. The highest BCUT2D eigenvalue weighted by molar-refractivity contribution is 7.92. The van der Waals surface area contributed by atoms with Crippen molar-refractivity contribution in [2.75, 3.05) is 32.2 Å². The van der Waals surface area contributed by atoms with Crippen molar-refractivity contribution < 1.29 is 36.6 Å². The molecule has 44 heavy (non-hydrogen) atoms. The van der Waals surface area contributed by atoms with Crippen molar-refractivity contribution in [3.05, 3.63) is 78.1 Å². The minimum Gasteiger partial charge on any atom is -0.497 e. The van der Waals surface area contributed by atoms with E-state index in [1.807, 2.05) is 13.8 Å². The molecule has 2 amide bonds. The van der Waals surface area contributed by atoms with Crippen LogP contribution in [0.2, 0.25) is 0 Å². The van der Waals surface area contributed by atoms with Crippen LogP contribution in [-0.2, 0) is 26.2 Å². The van der Waals surface area contributed by atoms with Crippen LogP contribution < -0.4 is 23.8 Å². The summed E-state index contributed by atoms with van der Waals surface area (Å²) in [7, 11) is -0.0803. The van der Waals surface area contributed by atoms with Gasteiger partial charge in [-0.05, 0) is 73.9 Å². The van der Waals surface area contributed by atoms with E-state index >= 15 is 0 Å². The third-order valence-corrected chi connectivity index (χ3v) is 8.98. The van der Waals surface area contributed by atoms with E-state index < -0.39 is 34.3 Å². The minimum atomic E-state index is -4.41. The van der Waals surface area contributed by atoms with Gasteiger partial charge >= 0.3 is 0 Å². The zero-order chi connectivity index (χ0) is 32.4. The molecule has 10 nitrogen and oxygen atoms in total. The maximum absolute atomic E-state index is 14.2. The molecule has 1 N–H and O–H groups in total. The van der Waals surface area contributed by atoms with Gasteiger partial charge in [0.2, 0.25) is 11.8 Å². The summed E-state index contributed by atoms with van der Waals surface area (Å²) in [5.41, 5.74) is 0.747. The number of methoxy groups -OCH3 is 3. The number of nitrogens with zero attached hydrogens (tertiary/aromatic N) is 2. The Labute approximate surface area is 258 Å². The lowest BCUT2D eigenvalue weighted by atomic mass is 10.1. The molecular weight excluding hydrogens is 589 g/mol. The molecule has 3 aromatic rings. The zero-order valence-electron chi connectivity index (χ0n) is 25.9. The van der Waals surface area contributed by atoms with Crippen LogP contribution in [-0.4, -0.2) is 65.1 Å². The predicted molar refractivity (Wildman–Crippen MR) is 166 cm³/mol. The van der Waals surface area contributed by atoms with Gasteiger partial charge in [-0.2, -0.15) is 0 Å². The number of anilines is 1. The van der Waals surface area contributed by atoms with Gasteiger partial charge in [0.05, 0.1) is 31.9 Å². The highest BCUT2D eigenvalue weighted by atomic mass is 32.2. The van der Waals surface area contributed by atoms with Crippen molar-refractivity contribution >= 4 is 27.5 Å². The van der Waals surface area contributed by atoms with E-state index in [0.29, 0.717) is 23.5 Å². The summed E-state index contributed by atoms with van der Waals surface area (Å²) >= 11 is 0. The molecule has 0 aliphatic heterocycles. The number of rotatable bonds is 15. The van der Waals surface area contributed by atoms with E-state index in [9.17, 15) is 22.4 Å². The van der Waals surface area contributed by atoms with Gasteiger partial charge in [0.1, 0.15) is 24.2 Å². The summed E-state index contributed by atoms with van der Waals surface area (Å²) in [6, 6.07) is 14.9. The maximum atomic E-state index is 14.2. The SMILES string of the molecule is CC[C@@H](C)NC(=O)[C@H](CC)N(Cc1cccc(OC)c1)C(=O)CN(c1ccc(F)cc1)S(=O)(=O)c1ccc(OC)c(OC)c1. The van der Waals surface area contributed by atoms with Crippen molar-refractivity contribution in [2.24, 2.45) is 0 Å². The molecule has 0 heterocycles. The molecule has 3 rings (SSSR count). The fourth-order valence-electron chi connectivity index (χ4n) is 4.57. The number of hydrogen-bond donors (Lipinski definition) is 1. The Balaban J connectivity index is 2.10. The second-order valence-corrected chi connectivity index (χ2v) is 12.0. The number of sulfonamides is 1. The van der Waals surface area contributed by atoms with Crippen LogP contribution in [0.15, 0.2) is 71.6 Å². The third-order valence-electron chi connectivity index (χ3n) is 7.21. The summed E-state index contributed by atoms with van der Waals surface area (Å²) in [5, 5.41) is 2.94. The fraction of sp³-hybridized carbons (Fsp3) is 0.375. The van der Waals surface area contributed by atoms with Gasteiger partial charge in [-0.3, -0.25) is 13.9 Å². The number of benzene rings is 3. The molecule has 0 unspecified atom stereocenters. The second-order valence-electron chi connectivity index (χ2n) is 10.1. The lowest BCUT2D eigenvalue weighted by Gasteiger charge is -2.33. The van der Waals surface area contributed by atoms with Gasteiger partial charge in [0.15, 0.2) is 11.5 Å². The molecule has 0 aliphatic carbocycles. The van der Waals surface area contributed by atoms with Gasteiger partial charge in [-0.1, -0.05) is 26.0 Å². The van der Waals surface area contributed by atoms with Gasteiger partial charge in [-0.15, -0.1) is 0 Å². The second kappa shape index (κ2) is 15.4. The van der Waals surface area contributed by atoms with Gasteiger partial charge < -0.3 is 24.4 Å². The van der Waals surface area contributed by atoms with E-state index in [-0.39, 0.29) is 41.2 Å². The van der Waals surface area contributed by atoms with Gasteiger partial charge in [0, 0.05) is 18.7 Å². The lowest BCUT2D eigenvalue weighted by molar-refractivity contribution is -0.140. The highest BCUT2D eigenvalue weighted by Gasteiger charge is 2.34. The molecular formula is C32H40FN3O7S. The van der Waals surface area contributed by atoms with Crippen LogP contribution in [0.25, 0.3) is 0 Å². The summed E-state index contributed by atoms with van der Waals surface area (Å²) in [6.07, 6.45) is 0.963. The summed E-state index contributed by atoms with van der Waals surface area (Å²) in [6.45, 7) is 4.93. The Morgan fingerprint density at radius 1 is 0.886 bits per heavy atom. The number of nitrogens with one attached hydrogen (secondary N) is 1. The fourth-order valence-corrected chi connectivity index (χ4v) is 6.00. The first kappa shape index (κ1) is 34.2. The molecule has 0 saturated heterocycles. The monoisotopic (exact) mass is 629 g/mol. The molecule has 0 saturated carbocycles. The average Bonchev–Trinajstić information content (AvgIpc) is 3.03. The molecule has 3 aromatic carbocycles. The van der Waals surface area contributed by atoms with Crippen LogP contribution in [0.3, 0.4) is 0 Å². The van der Waals surface area contributed by atoms with Crippen LogP contribution in [0.4, 0.5) is 10.1 Å². The highest BCUT2D eigenvalue weighted by Crippen LogP contribution is 2.32. The summed E-state index contributed by atoms with van der Waals surface area (Å²) in [4.78, 5) is 28.8. The van der Waals surface area contributed by atoms with E-state index in [1.165, 1.54) is 56.6 Å². The predicted octanol–water partition coefficient (Wildman–Crippen LogP) is 4.77. The first-order chi connectivity index (χ1) is 21.0. The standard InChI is InChI=1S/C32H40FN3O7S/c1-7-22(3)34-32(38)28(8-2)35(20-23-10-9-11-26(18-23)41-4)31(37)21-36(25-14-12-24(33)13-15-25)44(39,40)27-16-17-29(42-5)30(19-27)43-6/h9-19,22,28H,7-8,20-21H2,1-6H3,(H,34,38)/t22-,28+/m1/s1. The van der Waals surface area contributed by atoms with Crippen molar-refractivity contribution in [2.45, 2.75) is 57.1 Å². The normalized spacial score (nSPS) is 12.5. The molecule has 12 heteroatoms. The number of carbonyl (C=O) groups excluding carboxylic acids is 2. The Bertz CT molecular complexity index is 1530. The number of halogens is 1. The van der Waals surface area contributed by atoms with E-state index in [0.717, 1.165) is 16.4 Å². The Hall–Kier alpha value is -4.32. The van der Waals surface area contributed by atoms with Gasteiger partial charge in [0.25, 0.3) is 10.0 Å². The number of carbonyl (C=O) groups is 2. The average molecular weight is 630 g/mol. The van der Waals surface area contributed by atoms with Gasteiger partial charge in [-0.25, -0.2) is 12.8 Å². The molecule has 0 fully saturated rings.